The maximum Gasteiger partial charge on any atom is 0.233 e. The van der Waals surface area contributed by atoms with Crippen LogP contribution in [-0.2, 0) is 11.8 Å². The first-order valence-corrected chi connectivity index (χ1v) is 6.17. The van der Waals surface area contributed by atoms with Crippen LogP contribution in [0.15, 0.2) is 28.8 Å². The molecule has 2 rings (SSSR count). The van der Waals surface area contributed by atoms with Gasteiger partial charge in [0.05, 0.1) is 5.41 Å². The van der Waals surface area contributed by atoms with Gasteiger partial charge in [-0.05, 0) is 25.5 Å². The van der Waals surface area contributed by atoms with E-state index in [4.69, 9.17) is 21.9 Å². The second-order valence-electron chi connectivity index (χ2n) is 4.87. The smallest absolute Gasteiger partial charge is 0.233 e. The molecule has 0 saturated heterocycles. The van der Waals surface area contributed by atoms with Gasteiger partial charge in [0, 0.05) is 18.0 Å². The lowest BCUT2D eigenvalue weighted by molar-refractivity contribution is 0.309. The zero-order valence-corrected chi connectivity index (χ0v) is 12.5. The molecule has 2 aromatic rings. The van der Waals surface area contributed by atoms with E-state index in [0.29, 0.717) is 29.7 Å². The van der Waals surface area contributed by atoms with Crippen molar-refractivity contribution in [2.75, 3.05) is 6.54 Å². The number of hydrogen-bond acceptors (Lipinski definition) is 4. The zero-order chi connectivity index (χ0) is 13.2. The van der Waals surface area contributed by atoms with E-state index >= 15 is 0 Å². The third-order valence-electron chi connectivity index (χ3n) is 2.86. The summed E-state index contributed by atoms with van der Waals surface area (Å²) in [6.45, 7) is 4.40. The number of aromatic nitrogens is 2. The fourth-order valence-electron chi connectivity index (χ4n) is 1.50. The third kappa shape index (κ3) is 3.69. The molecule has 0 saturated carbocycles. The minimum absolute atomic E-state index is 0. The molecule has 0 fully saturated rings. The van der Waals surface area contributed by atoms with Crippen LogP contribution >= 0.6 is 24.0 Å². The van der Waals surface area contributed by atoms with Gasteiger partial charge >= 0.3 is 0 Å². The second kappa shape index (κ2) is 6.37. The summed E-state index contributed by atoms with van der Waals surface area (Å²) in [5.74, 6) is 1.19. The Bertz CT molecular complexity index is 540. The highest BCUT2D eigenvalue weighted by Gasteiger charge is 2.26. The van der Waals surface area contributed by atoms with Crippen molar-refractivity contribution >= 4 is 24.0 Å². The van der Waals surface area contributed by atoms with Crippen molar-refractivity contribution < 1.29 is 4.52 Å². The Balaban J connectivity index is 0.00000180. The van der Waals surface area contributed by atoms with Gasteiger partial charge in [0.25, 0.3) is 0 Å². The molecular formula is C13H17Cl2N3O. The van der Waals surface area contributed by atoms with E-state index in [-0.39, 0.29) is 17.8 Å². The first kappa shape index (κ1) is 16.0. The van der Waals surface area contributed by atoms with E-state index < -0.39 is 0 Å². The van der Waals surface area contributed by atoms with Gasteiger partial charge in [-0.15, -0.1) is 12.4 Å². The molecule has 0 aliphatic heterocycles. The van der Waals surface area contributed by atoms with Crippen LogP contribution in [0.4, 0.5) is 0 Å². The average Bonchev–Trinajstić information content (AvgIpc) is 2.81. The first-order chi connectivity index (χ1) is 8.53. The Morgan fingerprint density at radius 1 is 1.32 bits per heavy atom. The van der Waals surface area contributed by atoms with Crippen LogP contribution in [0.5, 0.6) is 0 Å². The first-order valence-electron chi connectivity index (χ1n) is 5.79. The molecule has 1 heterocycles. The van der Waals surface area contributed by atoms with Gasteiger partial charge in [-0.25, -0.2) is 0 Å². The minimum Gasteiger partial charge on any atom is -0.339 e. The fraction of sp³-hybridized carbons (Fsp3) is 0.385. The van der Waals surface area contributed by atoms with E-state index in [1.54, 1.807) is 0 Å². The lowest BCUT2D eigenvalue weighted by Crippen LogP contribution is -2.28. The molecule has 1 aromatic heterocycles. The number of hydrogen-bond donors (Lipinski definition) is 1. The maximum absolute atomic E-state index is 6.09. The normalized spacial score (nSPS) is 11.2. The van der Waals surface area contributed by atoms with Gasteiger partial charge in [0.1, 0.15) is 0 Å². The van der Waals surface area contributed by atoms with E-state index in [0.717, 1.165) is 5.56 Å². The molecule has 2 N–H and O–H groups in total. The summed E-state index contributed by atoms with van der Waals surface area (Å²) >= 11 is 6.09. The summed E-state index contributed by atoms with van der Waals surface area (Å²) in [5.41, 5.74) is 6.36. The largest absolute Gasteiger partial charge is 0.339 e. The van der Waals surface area contributed by atoms with Crippen molar-refractivity contribution in [1.29, 1.82) is 0 Å². The highest BCUT2D eigenvalue weighted by molar-refractivity contribution is 6.31. The number of benzene rings is 1. The van der Waals surface area contributed by atoms with Crippen LogP contribution in [0.2, 0.25) is 5.02 Å². The average molecular weight is 302 g/mol. The van der Waals surface area contributed by atoms with E-state index in [2.05, 4.69) is 10.1 Å². The van der Waals surface area contributed by atoms with Crippen molar-refractivity contribution in [1.82, 2.24) is 10.1 Å². The van der Waals surface area contributed by atoms with Crippen molar-refractivity contribution in [3.05, 3.63) is 46.6 Å². The molecular weight excluding hydrogens is 285 g/mol. The van der Waals surface area contributed by atoms with Crippen LogP contribution in [0.25, 0.3) is 0 Å². The van der Waals surface area contributed by atoms with Gasteiger partial charge in [0.15, 0.2) is 5.82 Å². The lowest BCUT2D eigenvalue weighted by atomic mass is 9.94. The SMILES string of the molecule is CC(C)(CN)c1nc(Cc2ccccc2Cl)no1.Cl. The molecule has 0 spiro atoms. The van der Waals surface area contributed by atoms with Crippen molar-refractivity contribution in [2.24, 2.45) is 5.73 Å². The van der Waals surface area contributed by atoms with E-state index in [1.807, 2.05) is 38.1 Å². The predicted molar refractivity (Wildman–Crippen MR) is 77.9 cm³/mol. The summed E-state index contributed by atoms with van der Waals surface area (Å²) in [6.07, 6.45) is 0.559. The quantitative estimate of drug-likeness (QED) is 0.943. The fourth-order valence-corrected chi connectivity index (χ4v) is 1.70. The molecule has 0 amide bonds. The van der Waals surface area contributed by atoms with E-state index in [1.165, 1.54) is 0 Å². The number of rotatable bonds is 4. The molecule has 0 atom stereocenters. The Kier molecular flexibility index (Phi) is 5.35. The second-order valence-corrected chi connectivity index (χ2v) is 5.28. The summed E-state index contributed by atoms with van der Waals surface area (Å²) in [6, 6.07) is 7.63. The van der Waals surface area contributed by atoms with Crippen molar-refractivity contribution in [2.45, 2.75) is 25.7 Å². The molecule has 104 valence electrons. The zero-order valence-electron chi connectivity index (χ0n) is 10.9. The molecule has 4 nitrogen and oxygen atoms in total. The summed E-state index contributed by atoms with van der Waals surface area (Å²) < 4.78 is 5.25. The Morgan fingerprint density at radius 3 is 2.63 bits per heavy atom. The third-order valence-corrected chi connectivity index (χ3v) is 3.23. The van der Waals surface area contributed by atoms with Crippen LogP contribution in [0.3, 0.4) is 0 Å². The predicted octanol–water partition coefficient (Wildman–Crippen LogP) is 2.97. The van der Waals surface area contributed by atoms with E-state index in [9.17, 15) is 0 Å². The topological polar surface area (TPSA) is 64.9 Å². The molecule has 0 radical (unpaired) electrons. The van der Waals surface area contributed by atoms with Crippen LogP contribution in [0.1, 0.15) is 31.1 Å². The number of nitrogens with zero attached hydrogens (tertiary/aromatic N) is 2. The summed E-state index contributed by atoms with van der Waals surface area (Å²) in [7, 11) is 0. The van der Waals surface area contributed by atoms with Gasteiger partial charge in [-0.1, -0.05) is 35.0 Å². The van der Waals surface area contributed by atoms with Gasteiger partial charge in [-0.3, -0.25) is 0 Å². The Labute approximate surface area is 123 Å². The number of nitrogens with two attached hydrogens (primary N) is 1. The molecule has 19 heavy (non-hydrogen) atoms. The molecule has 6 heteroatoms. The van der Waals surface area contributed by atoms with Crippen LogP contribution in [-0.4, -0.2) is 16.7 Å². The minimum atomic E-state index is -0.300. The monoisotopic (exact) mass is 301 g/mol. The van der Waals surface area contributed by atoms with Crippen molar-refractivity contribution in [3.63, 3.8) is 0 Å². The highest BCUT2D eigenvalue weighted by atomic mass is 35.5. The van der Waals surface area contributed by atoms with Crippen LogP contribution in [0, 0.1) is 0 Å². The molecule has 1 aromatic carbocycles. The molecule has 0 bridgehead atoms. The van der Waals surface area contributed by atoms with Gasteiger partial charge in [-0.2, -0.15) is 4.98 Å². The highest BCUT2D eigenvalue weighted by Crippen LogP contribution is 2.22. The standard InChI is InChI=1S/C13H16ClN3O.ClH/c1-13(2,8-15)12-16-11(17-18-12)7-9-5-3-4-6-10(9)14;/h3-6H,7-8,15H2,1-2H3;1H. The van der Waals surface area contributed by atoms with Gasteiger partial charge in [0.2, 0.25) is 5.89 Å². The summed E-state index contributed by atoms with van der Waals surface area (Å²) in [4.78, 5) is 4.37. The molecule has 0 unspecified atom stereocenters. The molecule has 0 aliphatic carbocycles. The number of halogens is 2. The maximum atomic E-state index is 6.09. The van der Waals surface area contributed by atoms with Crippen LogP contribution < -0.4 is 5.73 Å². The molecule has 0 aliphatic rings. The Morgan fingerprint density at radius 2 is 2.00 bits per heavy atom. The summed E-state index contributed by atoms with van der Waals surface area (Å²) in [5, 5.41) is 4.68. The Hall–Kier alpha value is -1.10. The van der Waals surface area contributed by atoms with Crippen molar-refractivity contribution in [3.8, 4) is 0 Å². The van der Waals surface area contributed by atoms with Gasteiger partial charge < -0.3 is 10.3 Å². The lowest BCUT2D eigenvalue weighted by Gasteiger charge is -2.15.